The Morgan fingerprint density at radius 1 is 1.32 bits per heavy atom. The predicted octanol–water partition coefficient (Wildman–Crippen LogP) is 2.05. The zero-order valence-electron chi connectivity index (χ0n) is 11.5. The van der Waals surface area contributed by atoms with Gasteiger partial charge in [0, 0.05) is 13.1 Å². The van der Waals surface area contributed by atoms with E-state index in [2.05, 4.69) is 19.1 Å². The predicted molar refractivity (Wildman–Crippen MR) is 75.9 cm³/mol. The van der Waals surface area contributed by atoms with Gasteiger partial charge in [-0.2, -0.15) is 0 Å². The Balaban J connectivity index is 1.92. The number of hydrogen-bond acceptors (Lipinski definition) is 3. The van der Waals surface area contributed by atoms with Crippen molar-refractivity contribution in [1.29, 1.82) is 0 Å². The maximum absolute atomic E-state index is 11.4. The highest BCUT2D eigenvalue weighted by Gasteiger charge is 2.25. The molecule has 0 amide bonds. The van der Waals surface area contributed by atoms with E-state index < -0.39 is 10.0 Å². The average Bonchev–Trinajstić information content (AvgIpc) is 2.38. The lowest BCUT2D eigenvalue weighted by atomic mass is 10.1. The van der Waals surface area contributed by atoms with E-state index in [-0.39, 0.29) is 6.10 Å². The van der Waals surface area contributed by atoms with Crippen LogP contribution in [0.3, 0.4) is 0 Å². The van der Waals surface area contributed by atoms with Crippen molar-refractivity contribution in [3.8, 4) is 5.75 Å². The molecule has 0 atom stereocenters. The fraction of sp³-hybridized carbons (Fsp3) is 0.571. The highest BCUT2D eigenvalue weighted by Crippen LogP contribution is 2.21. The van der Waals surface area contributed by atoms with Crippen LogP contribution in [-0.2, 0) is 16.4 Å². The van der Waals surface area contributed by atoms with Gasteiger partial charge in [0.25, 0.3) is 0 Å². The van der Waals surface area contributed by atoms with Crippen LogP contribution in [0.2, 0.25) is 0 Å². The van der Waals surface area contributed by atoms with Crippen LogP contribution in [0.25, 0.3) is 0 Å². The van der Waals surface area contributed by atoms with Crippen molar-refractivity contribution in [2.75, 3.05) is 19.3 Å². The molecular formula is C14H21NO3S. The van der Waals surface area contributed by atoms with Gasteiger partial charge in [-0.1, -0.05) is 19.1 Å². The second-order valence-corrected chi connectivity index (χ2v) is 6.96. The first-order valence-electron chi connectivity index (χ1n) is 6.69. The average molecular weight is 283 g/mol. The zero-order valence-corrected chi connectivity index (χ0v) is 12.3. The first-order valence-corrected chi connectivity index (χ1v) is 8.54. The van der Waals surface area contributed by atoms with E-state index in [0.29, 0.717) is 13.1 Å². The first-order chi connectivity index (χ1) is 8.99. The molecule has 0 aromatic heterocycles. The first kappa shape index (κ1) is 14.3. The highest BCUT2D eigenvalue weighted by atomic mass is 32.2. The van der Waals surface area contributed by atoms with Crippen LogP contribution in [0.4, 0.5) is 0 Å². The summed E-state index contributed by atoms with van der Waals surface area (Å²) in [7, 11) is -3.06. The molecule has 1 aliphatic rings. The van der Waals surface area contributed by atoms with Gasteiger partial charge >= 0.3 is 0 Å². The number of aryl methyl sites for hydroxylation is 1. The maximum atomic E-state index is 11.4. The quantitative estimate of drug-likeness (QED) is 0.849. The van der Waals surface area contributed by atoms with E-state index in [1.807, 2.05) is 12.1 Å². The molecule has 0 bridgehead atoms. The Labute approximate surface area is 115 Å². The summed E-state index contributed by atoms with van der Waals surface area (Å²) in [6.07, 6.45) is 3.88. The summed E-state index contributed by atoms with van der Waals surface area (Å²) >= 11 is 0. The van der Waals surface area contributed by atoms with Crippen LogP contribution in [0.1, 0.15) is 25.3 Å². The van der Waals surface area contributed by atoms with Gasteiger partial charge in [0.1, 0.15) is 11.9 Å². The lowest BCUT2D eigenvalue weighted by molar-refractivity contribution is 0.135. The van der Waals surface area contributed by atoms with E-state index in [1.165, 1.54) is 16.1 Å². The topological polar surface area (TPSA) is 46.6 Å². The van der Waals surface area contributed by atoms with Crippen molar-refractivity contribution in [2.24, 2.45) is 0 Å². The normalized spacial score (nSPS) is 18.4. The SMILES string of the molecule is CCc1cccc(OC2CCN(S(C)(=O)=O)CC2)c1. The van der Waals surface area contributed by atoms with Gasteiger partial charge in [-0.3, -0.25) is 0 Å². The summed E-state index contributed by atoms with van der Waals surface area (Å²) in [4.78, 5) is 0. The molecule has 0 saturated carbocycles. The summed E-state index contributed by atoms with van der Waals surface area (Å²) in [6, 6.07) is 8.10. The minimum Gasteiger partial charge on any atom is -0.490 e. The summed E-state index contributed by atoms with van der Waals surface area (Å²) in [6.45, 7) is 3.22. The highest BCUT2D eigenvalue weighted by molar-refractivity contribution is 7.88. The van der Waals surface area contributed by atoms with Crippen LogP contribution >= 0.6 is 0 Å². The lowest BCUT2D eigenvalue weighted by Gasteiger charge is -2.30. The number of benzene rings is 1. The van der Waals surface area contributed by atoms with Crippen LogP contribution in [-0.4, -0.2) is 38.2 Å². The number of sulfonamides is 1. The van der Waals surface area contributed by atoms with Gasteiger partial charge in [-0.15, -0.1) is 0 Å². The van der Waals surface area contributed by atoms with Crippen LogP contribution in [0.5, 0.6) is 5.75 Å². The molecule has 4 nitrogen and oxygen atoms in total. The van der Waals surface area contributed by atoms with Crippen molar-refractivity contribution in [3.63, 3.8) is 0 Å². The molecule has 1 heterocycles. The van der Waals surface area contributed by atoms with E-state index in [0.717, 1.165) is 25.0 Å². The van der Waals surface area contributed by atoms with E-state index in [4.69, 9.17) is 4.74 Å². The van der Waals surface area contributed by atoms with Gasteiger partial charge in [0.15, 0.2) is 0 Å². The maximum Gasteiger partial charge on any atom is 0.211 e. The number of ether oxygens (including phenoxy) is 1. The molecule has 1 fully saturated rings. The molecular weight excluding hydrogens is 262 g/mol. The van der Waals surface area contributed by atoms with Crippen LogP contribution < -0.4 is 4.74 Å². The number of rotatable bonds is 4. The van der Waals surface area contributed by atoms with Crippen LogP contribution in [0.15, 0.2) is 24.3 Å². The molecule has 0 N–H and O–H groups in total. The third kappa shape index (κ3) is 3.94. The molecule has 0 radical (unpaired) electrons. The van der Waals surface area contributed by atoms with Gasteiger partial charge in [-0.25, -0.2) is 12.7 Å². The summed E-state index contributed by atoms with van der Waals surface area (Å²) in [5.41, 5.74) is 1.26. The zero-order chi connectivity index (χ0) is 13.9. The Hall–Kier alpha value is -1.07. The van der Waals surface area contributed by atoms with Crippen LogP contribution in [0, 0.1) is 0 Å². The third-order valence-corrected chi connectivity index (χ3v) is 4.78. The molecule has 0 aliphatic carbocycles. The van der Waals surface area contributed by atoms with Gasteiger partial charge in [0.05, 0.1) is 6.26 Å². The molecule has 2 rings (SSSR count). The molecule has 0 spiro atoms. The third-order valence-electron chi connectivity index (χ3n) is 3.48. The van der Waals surface area contributed by atoms with E-state index >= 15 is 0 Å². The Kier molecular flexibility index (Phi) is 4.47. The van der Waals surface area contributed by atoms with Crippen molar-refractivity contribution in [2.45, 2.75) is 32.3 Å². The monoisotopic (exact) mass is 283 g/mol. The fourth-order valence-electron chi connectivity index (χ4n) is 2.31. The Morgan fingerprint density at radius 3 is 2.58 bits per heavy atom. The lowest BCUT2D eigenvalue weighted by Crippen LogP contribution is -2.41. The fourth-order valence-corrected chi connectivity index (χ4v) is 3.19. The van der Waals surface area contributed by atoms with Crippen molar-refractivity contribution in [1.82, 2.24) is 4.31 Å². The number of hydrogen-bond donors (Lipinski definition) is 0. The van der Waals surface area contributed by atoms with E-state index in [1.54, 1.807) is 0 Å². The van der Waals surface area contributed by atoms with Crippen molar-refractivity contribution in [3.05, 3.63) is 29.8 Å². The molecule has 1 saturated heterocycles. The Bertz CT molecular complexity index is 519. The Morgan fingerprint density at radius 2 is 2.00 bits per heavy atom. The second-order valence-electron chi connectivity index (χ2n) is 4.98. The summed E-state index contributed by atoms with van der Waals surface area (Å²) in [5, 5.41) is 0. The minimum absolute atomic E-state index is 0.116. The summed E-state index contributed by atoms with van der Waals surface area (Å²) in [5.74, 6) is 0.886. The molecule has 0 unspecified atom stereocenters. The molecule has 19 heavy (non-hydrogen) atoms. The molecule has 1 aromatic rings. The van der Waals surface area contributed by atoms with Gasteiger partial charge < -0.3 is 4.74 Å². The molecule has 1 aliphatic heterocycles. The standard InChI is InChI=1S/C14H21NO3S/c1-3-12-5-4-6-14(11-12)18-13-7-9-15(10-8-13)19(2,16)17/h4-6,11,13H,3,7-10H2,1-2H3. The van der Waals surface area contributed by atoms with Gasteiger partial charge in [-0.05, 0) is 37.0 Å². The minimum atomic E-state index is -3.06. The van der Waals surface area contributed by atoms with E-state index in [9.17, 15) is 8.42 Å². The largest absolute Gasteiger partial charge is 0.490 e. The molecule has 5 heteroatoms. The smallest absolute Gasteiger partial charge is 0.211 e. The molecule has 1 aromatic carbocycles. The second kappa shape index (κ2) is 5.92. The van der Waals surface area contributed by atoms with Crippen molar-refractivity contribution >= 4 is 10.0 Å². The molecule has 106 valence electrons. The van der Waals surface area contributed by atoms with Gasteiger partial charge in [0.2, 0.25) is 10.0 Å². The number of piperidine rings is 1. The number of nitrogens with zero attached hydrogens (tertiary/aromatic N) is 1. The van der Waals surface area contributed by atoms with Crippen molar-refractivity contribution < 1.29 is 13.2 Å². The summed E-state index contributed by atoms with van der Waals surface area (Å²) < 4.78 is 30.3.